The molecule has 2 fully saturated rings. The van der Waals surface area contributed by atoms with Crippen molar-refractivity contribution < 1.29 is 0 Å². The Morgan fingerprint density at radius 3 is 2.69 bits per heavy atom. The van der Waals surface area contributed by atoms with Crippen LogP contribution < -0.4 is 0 Å². The van der Waals surface area contributed by atoms with Gasteiger partial charge in [0.15, 0.2) is 0 Å². The fraction of sp³-hybridized carbons (Fsp3) is 0.292. The Labute approximate surface area is 157 Å². The van der Waals surface area contributed by atoms with E-state index >= 15 is 0 Å². The molecule has 2 aliphatic rings. The van der Waals surface area contributed by atoms with E-state index in [1.807, 2.05) is 17.5 Å². The maximum Gasteiger partial charge on any atom is 0.0719 e. The lowest BCUT2D eigenvalue weighted by Gasteiger charge is -2.22. The average Bonchev–Trinajstić information content (AvgIpc) is 3.41. The molecule has 0 N–H and O–H groups in total. The molecule has 2 bridgehead atoms. The predicted molar refractivity (Wildman–Crippen MR) is 111 cm³/mol. The summed E-state index contributed by atoms with van der Waals surface area (Å²) in [6, 6.07) is 20.0. The maximum absolute atomic E-state index is 4.77. The van der Waals surface area contributed by atoms with Crippen LogP contribution >= 0.6 is 11.3 Å². The Morgan fingerprint density at radius 1 is 0.885 bits per heavy atom. The standard InChI is InChI=1S/C24H21NS/c1-2-7-23-18(4-1)19-5-3-6-20(24(19)26-23)22-14-17(10-11-25-22)21-13-15-8-9-16(21)12-15/h1-7,10-11,14-16,21H,8-9,12-13H2. The summed E-state index contributed by atoms with van der Waals surface area (Å²) < 4.78 is 2.73. The number of thiophene rings is 1. The van der Waals surface area contributed by atoms with Gasteiger partial charge in [-0.1, -0.05) is 42.8 Å². The van der Waals surface area contributed by atoms with Crippen LogP contribution in [0.2, 0.25) is 0 Å². The Balaban J connectivity index is 1.50. The molecule has 0 radical (unpaired) electrons. The first-order valence-electron chi connectivity index (χ1n) is 9.73. The number of fused-ring (bicyclic) bond motifs is 5. The molecule has 2 heterocycles. The molecule has 3 atom stereocenters. The minimum Gasteiger partial charge on any atom is -0.256 e. The van der Waals surface area contributed by atoms with Gasteiger partial charge in [-0.2, -0.15) is 0 Å². The van der Waals surface area contributed by atoms with E-state index < -0.39 is 0 Å². The van der Waals surface area contributed by atoms with Crippen molar-refractivity contribution in [2.75, 3.05) is 0 Å². The Morgan fingerprint density at radius 2 is 1.81 bits per heavy atom. The van der Waals surface area contributed by atoms with E-state index in [1.54, 1.807) is 0 Å². The summed E-state index contributed by atoms with van der Waals surface area (Å²) in [7, 11) is 0. The van der Waals surface area contributed by atoms with Crippen LogP contribution in [-0.2, 0) is 0 Å². The fourth-order valence-electron chi connectivity index (χ4n) is 5.43. The first kappa shape index (κ1) is 14.9. The molecule has 2 heteroatoms. The molecule has 26 heavy (non-hydrogen) atoms. The zero-order chi connectivity index (χ0) is 17.1. The zero-order valence-electron chi connectivity index (χ0n) is 14.7. The monoisotopic (exact) mass is 355 g/mol. The molecule has 4 aromatic rings. The van der Waals surface area contributed by atoms with Gasteiger partial charge in [0.05, 0.1) is 5.69 Å². The minimum absolute atomic E-state index is 0.761. The number of nitrogens with zero attached hydrogens (tertiary/aromatic N) is 1. The van der Waals surface area contributed by atoms with Crippen molar-refractivity contribution in [2.24, 2.45) is 11.8 Å². The van der Waals surface area contributed by atoms with E-state index in [2.05, 4.69) is 54.6 Å². The summed E-state index contributed by atoms with van der Waals surface area (Å²) in [5.41, 5.74) is 3.94. The van der Waals surface area contributed by atoms with E-state index in [9.17, 15) is 0 Å². The maximum atomic E-state index is 4.77. The largest absolute Gasteiger partial charge is 0.256 e. The number of aromatic nitrogens is 1. The molecule has 2 aliphatic carbocycles. The van der Waals surface area contributed by atoms with Gasteiger partial charge in [0, 0.05) is 31.9 Å². The number of rotatable bonds is 2. The predicted octanol–water partition coefficient (Wildman–Crippen LogP) is 7.02. The Kier molecular flexibility index (Phi) is 3.25. The van der Waals surface area contributed by atoms with E-state index in [1.165, 1.54) is 57.0 Å². The summed E-state index contributed by atoms with van der Waals surface area (Å²) >= 11 is 1.89. The van der Waals surface area contributed by atoms with Gasteiger partial charge in [-0.3, -0.25) is 4.98 Å². The molecule has 2 aromatic heterocycles. The third-order valence-electron chi connectivity index (χ3n) is 6.63. The summed E-state index contributed by atoms with van der Waals surface area (Å²) in [6.07, 6.45) is 7.76. The van der Waals surface area contributed by atoms with Gasteiger partial charge in [-0.15, -0.1) is 11.3 Å². The highest BCUT2D eigenvalue weighted by Crippen LogP contribution is 2.53. The molecule has 2 aromatic carbocycles. The third kappa shape index (κ3) is 2.18. The van der Waals surface area contributed by atoms with Crippen LogP contribution in [0, 0.1) is 11.8 Å². The second-order valence-corrected chi connectivity index (χ2v) is 9.09. The molecule has 0 saturated heterocycles. The Bertz CT molecular complexity index is 1130. The van der Waals surface area contributed by atoms with Gasteiger partial charge in [0.1, 0.15) is 0 Å². The first-order chi connectivity index (χ1) is 12.9. The smallest absolute Gasteiger partial charge is 0.0719 e. The molecule has 0 spiro atoms. The van der Waals surface area contributed by atoms with Crippen molar-refractivity contribution in [1.29, 1.82) is 0 Å². The molecule has 0 aliphatic heterocycles. The lowest BCUT2D eigenvalue weighted by molar-refractivity contribution is 0.420. The summed E-state index contributed by atoms with van der Waals surface area (Å²) in [6.45, 7) is 0. The molecule has 0 amide bonds. The van der Waals surface area contributed by atoms with Crippen LogP contribution in [0.15, 0.2) is 60.8 Å². The SMILES string of the molecule is c1ccc2c(c1)sc1c(-c3cc(C4CC5CCC4C5)ccn3)cccc12. The highest BCUT2D eigenvalue weighted by molar-refractivity contribution is 7.26. The number of hydrogen-bond acceptors (Lipinski definition) is 2. The quantitative estimate of drug-likeness (QED) is 0.376. The average molecular weight is 356 g/mol. The summed E-state index contributed by atoms with van der Waals surface area (Å²) in [4.78, 5) is 4.77. The highest BCUT2D eigenvalue weighted by Gasteiger charge is 2.40. The third-order valence-corrected chi connectivity index (χ3v) is 7.85. The van der Waals surface area contributed by atoms with Crippen LogP contribution in [0.5, 0.6) is 0 Å². The zero-order valence-corrected chi connectivity index (χ0v) is 15.5. The van der Waals surface area contributed by atoms with E-state index in [-0.39, 0.29) is 0 Å². The van der Waals surface area contributed by atoms with Crippen LogP contribution in [0.4, 0.5) is 0 Å². The van der Waals surface area contributed by atoms with Gasteiger partial charge in [-0.25, -0.2) is 0 Å². The van der Waals surface area contributed by atoms with Crippen LogP contribution in [0.3, 0.4) is 0 Å². The number of benzene rings is 2. The molecule has 1 nitrogen and oxygen atoms in total. The summed E-state index contributed by atoms with van der Waals surface area (Å²) in [5.74, 6) is 2.65. The molecular weight excluding hydrogens is 334 g/mol. The topological polar surface area (TPSA) is 12.9 Å². The van der Waals surface area contributed by atoms with Crippen molar-refractivity contribution in [2.45, 2.75) is 31.6 Å². The number of pyridine rings is 1. The van der Waals surface area contributed by atoms with Crippen molar-refractivity contribution in [3.05, 3.63) is 66.4 Å². The second-order valence-electron chi connectivity index (χ2n) is 8.04. The first-order valence-corrected chi connectivity index (χ1v) is 10.5. The van der Waals surface area contributed by atoms with E-state index in [0.717, 1.165) is 23.4 Å². The van der Waals surface area contributed by atoms with Crippen molar-refractivity contribution >= 4 is 31.5 Å². The number of hydrogen-bond donors (Lipinski definition) is 0. The van der Waals surface area contributed by atoms with Crippen molar-refractivity contribution in [3.63, 3.8) is 0 Å². The van der Waals surface area contributed by atoms with E-state index in [4.69, 9.17) is 4.98 Å². The molecule has 128 valence electrons. The molecule has 6 rings (SSSR count). The normalized spacial score (nSPS) is 24.7. The van der Waals surface area contributed by atoms with Crippen LogP contribution in [0.1, 0.15) is 37.2 Å². The van der Waals surface area contributed by atoms with Gasteiger partial charge < -0.3 is 0 Å². The molecule has 3 unspecified atom stereocenters. The molecular formula is C24H21NS. The lowest BCUT2D eigenvalue weighted by atomic mass is 9.83. The van der Waals surface area contributed by atoms with Crippen LogP contribution in [0.25, 0.3) is 31.4 Å². The Hall–Kier alpha value is -2.19. The van der Waals surface area contributed by atoms with Gasteiger partial charge in [0.25, 0.3) is 0 Å². The van der Waals surface area contributed by atoms with Crippen molar-refractivity contribution in [1.82, 2.24) is 4.98 Å². The highest BCUT2D eigenvalue weighted by atomic mass is 32.1. The lowest BCUT2D eigenvalue weighted by Crippen LogP contribution is -2.08. The summed E-state index contributed by atoms with van der Waals surface area (Å²) in [5, 5.41) is 2.72. The fourth-order valence-corrected chi connectivity index (χ4v) is 6.65. The van der Waals surface area contributed by atoms with Gasteiger partial charge in [-0.05, 0) is 60.8 Å². The molecule has 2 saturated carbocycles. The van der Waals surface area contributed by atoms with Crippen molar-refractivity contribution in [3.8, 4) is 11.3 Å². The second kappa shape index (κ2) is 5.65. The van der Waals surface area contributed by atoms with Crippen LogP contribution in [-0.4, -0.2) is 4.98 Å². The minimum atomic E-state index is 0.761. The van der Waals surface area contributed by atoms with Gasteiger partial charge in [0.2, 0.25) is 0 Å². The van der Waals surface area contributed by atoms with E-state index in [0.29, 0.717) is 0 Å². The van der Waals surface area contributed by atoms with Gasteiger partial charge >= 0.3 is 0 Å².